The second-order valence-electron chi connectivity index (χ2n) is 6.41. The number of piperidine rings is 1. The van der Waals surface area contributed by atoms with Gasteiger partial charge >= 0.3 is 6.03 Å². The average molecular weight is 347 g/mol. The topological polar surface area (TPSA) is 79.4 Å². The van der Waals surface area contributed by atoms with Crippen LogP contribution in [0.4, 0.5) is 4.79 Å². The number of ether oxygens (including phenoxy) is 2. The van der Waals surface area contributed by atoms with Crippen molar-refractivity contribution in [1.29, 1.82) is 0 Å². The highest BCUT2D eigenvalue weighted by Gasteiger charge is 2.38. The number of urea groups is 1. The summed E-state index contributed by atoms with van der Waals surface area (Å²) in [7, 11) is -3.20. The number of fused-ring (bicyclic) bond motifs is 1. The summed E-state index contributed by atoms with van der Waals surface area (Å²) in [5.41, 5.74) is 0. The van der Waals surface area contributed by atoms with Crippen LogP contribution in [0, 0.1) is 5.92 Å². The highest BCUT2D eigenvalue weighted by atomic mass is 32.2. The van der Waals surface area contributed by atoms with Gasteiger partial charge in [-0.25, -0.2) is 13.2 Å². The highest BCUT2D eigenvalue weighted by Crippen LogP contribution is 2.25. The summed E-state index contributed by atoms with van der Waals surface area (Å²) in [5, 5.41) is 0. The van der Waals surface area contributed by atoms with Crippen molar-refractivity contribution < 1.29 is 22.7 Å². The molecule has 0 aromatic carbocycles. The number of hydrogen-bond acceptors (Lipinski definition) is 5. The van der Waals surface area contributed by atoms with E-state index in [1.54, 1.807) is 0 Å². The molecule has 0 aromatic heterocycles. The Hall–Kier alpha value is -0.900. The normalized spacial score (nSPS) is 30.7. The third-order valence-electron chi connectivity index (χ3n) is 4.83. The highest BCUT2D eigenvalue weighted by molar-refractivity contribution is 7.88. The van der Waals surface area contributed by atoms with Gasteiger partial charge in [-0.2, -0.15) is 4.31 Å². The Kier molecular flexibility index (Phi) is 5.10. The van der Waals surface area contributed by atoms with E-state index >= 15 is 0 Å². The molecule has 2 amide bonds. The summed E-state index contributed by atoms with van der Waals surface area (Å²) < 4.78 is 36.2. The van der Waals surface area contributed by atoms with Crippen molar-refractivity contribution in [2.24, 2.45) is 5.92 Å². The van der Waals surface area contributed by atoms with Gasteiger partial charge in [-0.15, -0.1) is 0 Å². The number of morpholine rings is 1. The molecule has 0 radical (unpaired) electrons. The van der Waals surface area contributed by atoms with Crippen molar-refractivity contribution in [3.63, 3.8) is 0 Å². The lowest BCUT2D eigenvalue weighted by Gasteiger charge is -2.40. The molecule has 0 unspecified atom stereocenters. The number of hydrogen-bond donors (Lipinski definition) is 0. The monoisotopic (exact) mass is 347 g/mol. The Morgan fingerprint density at radius 1 is 1.00 bits per heavy atom. The molecule has 8 nitrogen and oxygen atoms in total. The molecule has 0 aliphatic carbocycles. The maximum Gasteiger partial charge on any atom is 0.320 e. The minimum atomic E-state index is -3.20. The molecule has 3 rings (SSSR count). The van der Waals surface area contributed by atoms with Crippen LogP contribution in [0.2, 0.25) is 0 Å². The summed E-state index contributed by atoms with van der Waals surface area (Å²) in [5.74, 6) is 0.154. The first-order chi connectivity index (χ1) is 10.9. The molecular weight excluding hydrogens is 322 g/mol. The Balaban J connectivity index is 1.61. The predicted octanol–water partition coefficient (Wildman–Crippen LogP) is -0.579. The first-order valence-electron chi connectivity index (χ1n) is 8.13. The van der Waals surface area contributed by atoms with Gasteiger partial charge in [-0.05, 0) is 6.42 Å². The number of sulfonamides is 1. The Labute approximate surface area is 137 Å². The van der Waals surface area contributed by atoms with Crippen LogP contribution in [0.5, 0.6) is 0 Å². The number of rotatable bonds is 1. The molecule has 0 saturated carbocycles. The van der Waals surface area contributed by atoms with Crippen LogP contribution >= 0.6 is 0 Å². The van der Waals surface area contributed by atoms with E-state index in [1.807, 2.05) is 9.80 Å². The summed E-state index contributed by atoms with van der Waals surface area (Å²) >= 11 is 0. The third kappa shape index (κ3) is 3.96. The van der Waals surface area contributed by atoms with Crippen molar-refractivity contribution in [1.82, 2.24) is 14.1 Å². The zero-order chi connectivity index (χ0) is 16.4. The zero-order valence-corrected chi connectivity index (χ0v) is 14.3. The van der Waals surface area contributed by atoms with Crippen LogP contribution < -0.4 is 0 Å². The number of likely N-dealkylation sites (tertiary alicyclic amines) is 1. The number of amides is 2. The van der Waals surface area contributed by atoms with Gasteiger partial charge in [0.1, 0.15) is 0 Å². The smallest absolute Gasteiger partial charge is 0.320 e. The van der Waals surface area contributed by atoms with E-state index < -0.39 is 10.0 Å². The van der Waals surface area contributed by atoms with Crippen molar-refractivity contribution in [3.05, 3.63) is 0 Å². The fourth-order valence-electron chi connectivity index (χ4n) is 3.45. The molecule has 3 saturated heterocycles. The van der Waals surface area contributed by atoms with E-state index in [0.717, 1.165) is 6.42 Å². The number of carbonyl (C=O) groups is 1. The van der Waals surface area contributed by atoms with Gasteiger partial charge in [-0.1, -0.05) is 0 Å². The molecule has 3 aliphatic rings. The lowest BCUT2D eigenvalue weighted by atomic mass is 9.94. The van der Waals surface area contributed by atoms with Crippen LogP contribution in [0.3, 0.4) is 0 Å². The van der Waals surface area contributed by atoms with Crippen molar-refractivity contribution in [3.8, 4) is 0 Å². The zero-order valence-electron chi connectivity index (χ0n) is 13.5. The van der Waals surface area contributed by atoms with Crippen molar-refractivity contribution in [2.75, 3.05) is 65.3 Å². The van der Waals surface area contributed by atoms with E-state index in [1.165, 1.54) is 10.6 Å². The number of carbonyl (C=O) groups excluding carboxylic acids is 1. The molecule has 9 heteroatoms. The SMILES string of the molecule is CS(=O)(=O)N1CCO[C@H]2CN(C(=O)N3CCOCC3)CC[C@H]2C1. The Bertz CT molecular complexity index is 535. The summed E-state index contributed by atoms with van der Waals surface area (Å²) in [4.78, 5) is 16.2. The minimum Gasteiger partial charge on any atom is -0.378 e. The molecule has 2 atom stereocenters. The van der Waals surface area contributed by atoms with E-state index in [2.05, 4.69) is 0 Å². The largest absolute Gasteiger partial charge is 0.378 e. The third-order valence-corrected chi connectivity index (χ3v) is 6.10. The van der Waals surface area contributed by atoms with Crippen LogP contribution in [-0.4, -0.2) is 100 Å². The lowest BCUT2D eigenvalue weighted by molar-refractivity contribution is -0.0201. The second-order valence-corrected chi connectivity index (χ2v) is 8.39. The Morgan fingerprint density at radius 2 is 1.74 bits per heavy atom. The van der Waals surface area contributed by atoms with Crippen molar-refractivity contribution >= 4 is 16.1 Å². The van der Waals surface area contributed by atoms with E-state index in [-0.39, 0.29) is 18.1 Å². The van der Waals surface area contributed by atoms with Gasteiger partial charge in [0.15, 0.2) is 0 Å². The van der Waals surface area contributed by atoms with Crippen LogP contribution in [-0.2, 0) is 19.5 Å². The van der Waals surface area contributed by atoms with Gasteiger partial charge in [0.2, 0.25) is 10.0 Å². The maximum atomic E-state index is 12.6. The minimum absolute atomic E-state index is 0.0413. The fourth-order valence-corrected chi connectivity index (χ4v) is 4.32. The molecule has 3 fully saturated rings. The quantitative estimate of drug-likeness (QED) is 0.634. The van der Waals surface area contributed by atoms with Crippen molar-refractivity contribution in [2.45, 2.75) is 12.5 Å². The van der Waals surface area contributed by atoms with Crippen LogP contribution in [0.25, 0.3) is 0 Å². The molecule has 132 valence electrons. The molecule has 3 aliphatic heterocycles. The van der Waals surface area contributed by atoms with Crippen LogP contribution in [0.15, 0.2) is 0 Å². The summed E-state index contributed by atoms with van der Waals surface area (Å²) in [6, 6.07) is 0.0413. The van der Waals surface area contributed by atoms with E-state index in [9.17, 15) is 13.2 Å². The first-order valence-corrected chi connectivity index (χ1v) is 9.98. The van der Waals surface area contributed by atoms with E-state index in [4.69, 9.17) is 9.47 Å². The molecule has 3 heterocycles. The van der Waals surface area contributed by atoms with Gasteiger partial charge in [0.05, 0.1) is 32.2 Å². The van der Waals surface area contributed by atoms with Gasteiger partial charge in [0.25, 0.3) is 0 Å². The average Bonchev–Trinajstić information content (AvgIpc) is 2.76. The standard InChI is InChI=1S/C14H25N3O5S/c1-23(19,20)17-6-9-22-13-11-16(3-2-12(13)10-17)14(18)15-4-7-21-8-5-15/h12-13H,2-11H2,1H3/t12-,13-/m0/s1. The second kappa shape index (κ2) is 6.92. The van der Waals surface area contributed by atoms with Gasteiger partial charge in [0, 0.05) is 45.2 Å². The first kappa shape index (κ1) is 16.9. The molecule has 0 bridgehead atoms. The van der Waals surface area contributed by atoms with Crippen LogP contribution in [0.1, 0.15) is 6.42 Å². The van der Waals surface area contributed by atoms with Gasteiger partial charge < -0.3 is 19.3 Å². The predicted molar refractivity (Wildman–Crippen MR) is 83.6 cm³/mol. The van der Waals surface area contributed by atoms with Gasteiger partial charge in [-0.3, -0.25) is 0 Å². The summed E-state index contributed by atoms with van der Waals surface area (Å²) in [6.45, 7) is 4.89. The molecular formula is C14H25N3O5S. The molecule has 0 aromatic rings. The maximum absolute atomic E-state index is 12.6. The fraction of sp³-hybridized carbons (Fsp3) is 0.929. The molecule has 0 N–H and O–H groups in total. The summed E-state index contributed by atoms with van der Waals surface area (Å²) in [6.07, 6.45) is 1.93. The molecule has 23 heavy (non-hydrogen) atoms. The van der Waals surface area contributed by atoms with E-state index in [0.29, 0.717) is 59.1 Å². The Morgan fingerprint density at radius 3 is 2.43 bits per heavy atom. The lowest BCUT2D eigenvalue weighted by Crippen LogP contribution is -2.54. The molecule has 0 spiro atoms. The number of nitrogens with zero attached hydrogens (tertiary/aromatic N) is 3.